The Labute approximate surface area is 112 Å². The van der Waals surface area contributed by atoms with E-state index in [-0.39, 0.29) is 0 Å². The van der Waals surface area contributed by atoms with Crippen molar-refractivity contribution in [2.45, 2.75) is 0 Å². The number of ether oxygens (including phenoxy) is 1. The molecule has 1 aliphatic rings. The van der Waals surface area contributed by atoms with Gasteiger partial charge in [0.1, 0.15) is 17.9 Å². The number of hydrogen-bond acceptors (Lipinski definition) is 5. The van der Waals surface area contributed by atoms with Gasteiger partial charge in [0.2, 0.25) is 5.88 Å². The SMILES string of the molecule is c1ccc(Oc2cc(N3CCNCC3)ncn2)cc1. The second kappa shape index (κ2) is 5.67. The predicted molar refractivity (Wildman–Crippen MR) is 73.6 cm³/mol. The van der Waals surface area contributed by atoms with E-state index in [1.54, 1.807) is 6.33 Å². The molecule has 0 spiro atoms. The Kier molecular flexibility index (Phi) is 3.56. The second-order valence-electron chi connectivity index (χ2n) is 4.37. The lowest BCUT2D eigenvalue weighted by Crippen LogP contribution is -2.43. The Bertz CT molecular complexity index is 526. The van der Waals surface area contributed by atoms with E-state index in [1.165, 1.54) is 0 Å². The summed E-state index contributed by atoms with van der Waals surface area (Å²) < 4.78 is 5.72. The van der Waals surface area contributed by atoms with Gasteiger partial charge in [-0.3, -0.25) is 0 Å². The van der Waals surface area contributed by atoms with Gasteiger partial charge < -0.3 is 15.0 Å². The van der Waals surface area contributed by atoms with Crippen LogP contribution in [-0.4, -0.2) is 36.1 Å². The minimum Gasteiger partial charge on any atom is -0.439 e. The van der Waals surface area contributed by atoms with Crippen molar-refractivity contribution >= 4 is 5.82 Å². The summed E-state index contributed by atoms with van der Waals surface area (Å²) in [6.45, 7) is 3.89. The number of nitrogens with one attached hydrogen (secondary N) is 1. The summed E-state index contributed by atoms with van der Waals surface area (Å²) >= 11 is 0. The quantitative estimate of drug-likeness (QED) is 0.905. The normalized spacial score (nSPS) is 15.3. The molecule has 0 atom stereocenters. The Hall–Kier alpha value is -2.14. The first kappa shape index (κ1) is 11.9. The van der Waals surface area contributed by atoms with E-state index in [0.717, 1.165) is 37.7 Å². The number of anilines is 1. The summed E-state index contributed by atoms with van der Waals surface area (Å²) in [5, 5.41) is 3.32. The van der Waals surface area contributed by atoms with Crippen molar-refractivity contribution in [1.82, 2.24) is 15.3 Å². The highest BCUT2D eigenvalue weighted by Gasteiger charge is 2.12. The molecule has 0 radical (unpaired) electrons. The van der Waals surface area contributed by atoms with Crippen molar-refractivity contribution in [2.75, 3.05) is 31.1 Å². The smallest absolute Gasteiger partial charge is 0.224 e. The zero-order valence-electron chi connectivity index (χ0n) is 10.6. The highest BCUT2D eigenvalue weighted by Crippen LogP contribution is 2.21. The van der Waals surface area contributed by atoms with E-state index in [9.17, 15) is 0 Å². The van der Waals surface area contributed by atoms with Gasteiger partial charge in [0.25, 0.3) is 0 Å². The first-order valence-corrected chi connectivity index (χ1v) is 6.42. The summed E-state index contributed by atoms with van der Waals surface area (Å²) in [5.74, 6) is 2.28. The number of aromatic nitrogens is 2. The lowest BCUT2D eigenvalue weighted by Gasteiger charge is -2.28. The van der Waals surface area contributed by atoms with Crippen LogP contribution in [0.4, 0.5) is 5.82 Å². The summed E-state index contributed by atoms with van der Waals surface area (Å²) in [6, 6.07) is 11.5. The van der Waals surface area contributed by atoms with Crippen LogP contribution in [0.2, 0.25) is 0 Å². The summed E-state index contributed by atoms with van der Waals surface area (Å²) in [5.41, 5.74) is 0. The van der Waals surface area contributed by atoms with Gasteiger partial charge in [0.15, 0.2) is 0 Å². The third-order valence-electron chi connectivity index (χ3n) is 3.03. The van der Waals surface area contributed by atoms with E-state index in [1.807, 2.05) is 36.4 Å². The Morgan fingerprint density at radius 2 is 1.84 bits per heavy atom. The van der Waals surface area contributed by atoms with Gasteiger partial charge >= 0.3 is 0 Å². The van der Waals surface area contributed by atoms with Crippen LogP contribution in [0.25, 0.3) is 0 Å². The number of para-hydroxylation sites is 1. The van der Waals surface area contributed by atoms with Gasteiger partial charge in [-0.1, -0.05) is 18.2 Å². The van der Waals surface area contributed by atoms with Gasteiger partial charge in [-0.25, -0.2) is 9.97 Å². The zero-order valence-corrected chi connectivity index (χ0v) is 10.6. The number of piperazine rings is 1. The van der Waals surface area contributed by atoms with Gasteiger partial charge in [-0.15, -0.1) is 0 Å². The molecule has 1 aromatic carbocycles. The van der Waals surface area contributed by atoms with E-state index >= 15 is 0 Å². The maximum atomic E-state index is 5.72. The maximum Gasteiger partial charge on any atom is 0.224 e. The molecule has 98 valence electrons. The van der Waals surface area contributed by atoms with Crippen LogP contribution >= 0.6 is 0 Å². The van der Waals surface area contributed by atoms with E-state index in [0.29, 0.717) is 5.88 Å². The van der Waals surface area contributed by atoms with Gasteiger partial charge in [0, 0.05) is 32.2 Å². The molecule has 1 aromatic heterocycles. The molecule has 0 bridgehead atoms. The molecule has 0 aliphatic carbocycles. The molecule has 1 aliphatic heterocycles. The first-order chi connectivity index (χ1) is 9.42. The Balaban J connectivity index is 1.76. The average Bonchev–Trinajstić information content (AvgIpc) is 2.49. The number of rotatable bonds is 3. The molecular weight excluding hydrogens is 240 g/mol. The van der Waals surface area contributed by atoms with Crippen molar-refractivity contribution in [3.63, 3.8) is 0 Å². The van der Waals surface area contributed by atoms with E-state index < -0.39 is 0 Å². The number of hydrogen-bond donors (Lipinski definition) is 1. The second-order valence-corrected chi connectivity index (χ2v) is 4.37. The molecule has 0 amide bonds. The van der Waals surface area contributed by atoms with Gasteiger partial charge in [-0.2, -0.15) is 0 Å². The van der Waals surface area contributed by atoms with E-state index in [2.05, 4.69) is 20.2 Å². The third-order valence-corrected chi connectivity index (χ3v) is 3.03. The van der Waals surface area contributed by atoms with Crippen LogP contribution < -0.4 is 15.0 Å². The topological polar surface area (TPSA) is 50.3 Å². The molecule has 2 aromatic rings. The van der Waals surface area contributed by atoms with Crippen LogP contribution in [0.1, 0.15) is 0 Å². The summed E-state index contributed by atoms with van der Waals surface area (Å²) in [6.07, 6.45) is 1.55. The fourth-order valence-electron chi connectivity index (χ4n) is 2.06. The largest absolute Gasteiger partial charge is 0.439 e. The summed E-state index contributed by atoms with van der Waals surface area (Å²) in [7, 11) is 0. The van der Waals surface area contributed by atoms with Gasteiger partial charge in [0.05, 0.1) is 0 Å². The van der Waals surface area contributed by atoms with Crippen LogP contribution in [0.15, 0.2) is 42.7 Å². The van der Waals surface area contributed by atoms with Crippen molar-refractivity contribution in [3.8, 4) is 11.6 Å². The van der Waals surface area contributed by atoms with Crippen LogP contribution in [-0.2, 0) is 0 Å². The molecule has 2 heterocycles. The lowest BCUT2D eigenvalue weighted by atomic mass is 10.3. The third kappa shape index (κ3) is 3.00. The van der Waals surface area contributed by atoms with Crippen molar-refractivity contribution in [1.29, 1.82) is 0 Å². The average molecular weight is 256 g/mol. The molecule has 0 unspecified atom stereocenters. The molecule has 5 heteroatoms. The zero-order chi connectivity index (χ0) is 12.9. The molecular formula is C14H16N4O. The molecule has 1 fully saturated rings. The Morgan fingerprint density at radius 3 is 2.63 bits per heavy atom. The Morgan fingerprint density at radius 1 is 1.05 bits per heavy atom. The maximum absolute atomic E-state index is 5.72. The van der Waals surface area contributed by atoms with E-state index in [4.69, 9.17) is 4.74 Å². The fourth-order valence-corrected chi connectivity index (χ4v) is 2.06. The van der Waals surface area contributed by atoms with Crippen LogP contribution in [0, 0.1) is 0 Å². The molecule has 3 rings (SSSR count). The summed E-state index contributed by atoms with van der Waals surface area (Å²) in [4.78, 5) is 10.7. The van der Waals surface area contributed by atoms with Crippen LogP contribution in [0.3, 0.4) is 0 Å². The lowest BCUT2D eigenvalue weighted by molar-refractivity contribution is 0.460. The van der Waals surface area contributed by atoms with Crippen molar-refractivity contribution in [3.05, 3.63) is 42.7 Å². The number of benzene rings is 1. The van der Waals surface area contributed by atoms with Crippen molar-refractivity contribution in [2.24, 2.45) is 0 Å². The van der Waals surface area contributed by atoms with Gasteiger partial charge in [-0.05, 0) is 12.1 Å². The van der Waals surface area contributed by atoms with Crippen LogP contribution in [0.5, 0.6) is 11.6 Å². The highest BCUT2D eigenvalue weighted by atomic mass is 16.5. The highest BCUT2D eigenvalue weighted by molar-refractivity contribution is 5.42. The molecule has 19 heavy (non-hydrogen) atoms. The predicted octanol–water partition coefficient (Wildman–Crippen LogP) is 1.68. The molecule has 0 saturated carbocycles. The monoisotopic (exact) mass is 256 g/mol. The molecule has 1 N–H and O–H groups in total. The molecule has 1 saturated heterocycles. The number of nitrogens with zero attached hydrogens (tertiary/aromatic N) is 3. The minimum absolute atomic E-state index is 0.578. The molecule has 5 nitrogen and oxygen atoms in total. The minimum atomic E-state index is 0.578. The first-order valence-electron chi connectivity index (χ1n) is 6.42. The standard InChI is InChI=1S/C14H16N4O/c1-2-4-12(5-3-1)19-14-10-13(16-11-17-14)18-8-6-15-7-9-18/h1-5,10-11,15H,6-9H2. The fraction of sp³-hybridized carbons (Fsp3) is 0.286. The van der Waals surface area contributed by atoms with Crippen molar-refractivity contribution < 1.29 is 4.74 Å².